The fraction of sp³-hybridized carbons (Fsp3) is 0.368. The van der Waals surface area contributed by atoms with Crippen LogP contribution in [-0.2, 0) is 13.0 Å². The number of hydrogen-bond donors (Lipinski definition) is 1. The Bertz CT molecular complexity index is 1790. The van der Waals surface area contributed by atoms with Crippen molar-refractivity contribution in [2.24, 2.45) is 0 Å². The quantitative estimate of drug-likeness (QED) is 0.162. The molecule has 5 aromatic rings. The number of unbranched alkanes of at least 4 members (excludes halogenated alkanes) is 1. The molecule has 3 aromatic carbocycles. The summed E-state index contributed by atoms with van der Waals surface area (Å²) < 4.78 is 15.5. The highest BCUT2D eigenvalue weighted by Gasteiger charge is 2.17. The first kappa shape index (κ1) is 32.3. The van der Waals surface area contributed by atoms with E-state index in [2.05, 4.69) is 63.8 Å². The van der Waals surface area contributed by atoms with E-state index in [0.717, 1.165) is 18.5 Å². The van der Waals surface area contributed by atoms with Crippen LogP contribution in [0.2, 0.25) is 0 Å². The summed E-state index contributed by atoms with van der Waals surface area (Å²) >= 11 is 0. The highest BCUT2D eigenvalue weighted by atomic mass is 16.5. The Balaban J connectivity index is 1.09. The molecule has 0 atom stereocenters. The molecule has 0 aliphatic carbocycles. The minimum atomic E-state index is -0.201. The molecule has 0 radical (unpaired) electrons. The number of anilines is 1. The number of aryl methyl sites for hydroxylation is 2. The molecule has 3 heterocycles. The van der Waals surface area contributed by atoms with Crippen molar-refractivity contribution in [3.63, 3.8) is 0 Å². The number of carbonyl (C=O) groups is 1. The standard InChI is InChI=1S/C38H46N6O3/c1-27-28(2)44(16-7-6-15-42-20-18-41(3)19-21-42)34-13-10-30(23-33(27)34)22-29-8-11-31(12-9-29)38(45)40-32-24-35(46-4)37(36(25-32)47-5)43-17-14-39-26-43/h8-14,17,23-26H,6-7,15-16,18-22H2,1-5H3,(H,40,45). The Hall–Kier alpha value is -4.60. The first-order valence-electron chi connectivity index (χ1n) is 16.5. The Kier molecular flexibility index (Phi) is 9.94. The van der Waals surface area contributed by atoms with E-state index in [1.807, 2.05) is 35.0 Å². The fourth-order valence-corrected chi connectivity index (χ4v) is 6.60. The van der Waals surface area contributed by atoms with Gasteiger partial charge in [-0.3, -0.25) is 9.36 Å². The summed E-state index contributed by atoms with van der Waals surface area (Å²) in [6.07, 6.45) is 8.40. The number of hydrogen-bond acceptors (Lipinski definition) is 6. The first-order chi connectivity index (χ1) is 22.8. The van der Waals surface area contributed by atoms with Crippen molar-refractivity contribution in [1.29, 1.82) is 0 Å². The number of rotatable bonds is 12. The predicted octanol–water partition coefficient (Wildman–Crippen LogP) is 6.33. The molecule has 0 bridgehead atoms. The number of piperazine rings is 1. The van der Waals surface area contributed by atoms with E-state index in [1.54, 1.807) is 38.9 Å². The van der Waals surface area contributed by atoms with Crippen LogP contribution in [0.1, 0.15) is 45.6 Å². The second-order valence-electron chi connectivity index (χ2n) is 12.6. The lowest BCUT2D eigenvalue weighted by molar-refractivity contribution is 0.102. The van der Waals surface area contributed by atoms with Crippen LogP contribution in [0.5, 0.6) is 11.5 Å². The molecule has 1 aliphatic heterocycles. The van der Waals surface area contributed by atoms with E-state index in [1.165, 1.54) is 73.3 Å². The summed E-state index contributed by atoms with van der Waals surface area (Å²) in [7, 11) is 5.39. The third-order valence-corrected chi connectivity index (χ3v) is 9.53. The third kappa shape index (κ3) is 7.21. The zero-order valence-electron chi connectivity index (χ0n) is 28.3. The number of methoxy groups -OCH3 is 2. The molecular formula is C38H46N6O3. The molecule has 1 aliphatic rings. The molecule has 0 saturated carbocycles. The van der Waals surface area contributed by atoms with Crippen molar-refractivity contribution >= 4 is 22.5 Å². The van der Waals surface area contributed by atoms with Crippen LogP contribution in [0.4, 0.5) is 5.69 Å². The maximum atomic E-state index is 13.2. The Morgan fingerprint density at radius 3 is 2.21 bits per heavy atom. The number of amides is 1. The maximum Gasteiger partial charge on any atom is 0.255 e. The maximum absolute atomic E-state index is 13.2. The lowest BCUT2D eigenvalue weighted by Crippen LogP contribution is -2.44. The normalized spacial score (nSPS) is 14.1. The van der Waals surface area contributed by atoms with E-state index < -0.39 is 0 Å². The van der Waals surface area contributed by atoms with Crippen molar-refractivity contribution in [3.8, 4) is 17.2 Å². The van der Waals surface area contributed by atoms with Crippen molar-refractivity contribution in [2.75, 3.05) is 59.3 Å². The van der Waals surface area contributed by atoms with E-state index >= 15 is 0 Å². The van der Waals surface area contributed by atoms with Crippen LogP contribution in [0.25, 0.3) is 16.6 Å². The van der Waals surface area contributed by atoms with Crippen LogP contribution >= 0.6 is 0 Å². The number of nitrogens with zero attached hydrogens (tertiary/aromatic N) is 5. The highest BCUT2D eigenvalue weighted by Crippen LogP contribution is 2.36. The van der Waals surface area contributed by atoms with Crippen molar-refractivity contribution in [1.82, 2.24) is 23.9 Å². The summed E-state index contributed by atoms with van der Waals surface area (Å²) in [6, 6.07) is 18.3. The molecule has 246 valence electrons. The minimum Gasteiger partial charge on any atom is -0.494 e. The Morgan fingerprint density at radius 2 is 1.55 bits per heavy atom. The molecule has 0 unspecified atom stereocenters. The molecule has 1 saturated heterocycles. The van der Waals surface area contributed by atoms with Crippen molar-refractivity contribution < 1.29 is 14.3 Å². The monoisotopic (exact) mass is 634 g/mol. The van der Waals surface area contributed by atoms with Gasteiger partial charge in [0.25, 0.3) is 5.91 Å². The van der Waals surface area contributed by atoms with Gasteiger partial charge in [0.2, 0.25) is 0 Å². The molecule has 2 aromatic heterocycles. The van der Waals surface area contributed by atoms with Gasteiger partial charge in [-0.05, 0) is 87.7 Å². The molecule has 47 heavy (non-hydrogen) atoms. The van der Waals surface area contributed by atoms with Gasteiger partial charge in [0, 0.05) is 85.1 Å². The largest absolute Gasteiger partial charge is 0.494 e. The first-order valence-corrected chi connectivity index (χ1v) is 16.5. The molecule has 9 heteroatoms. The number of likely N-dealkylation sites (N-methyl/N-ethyl adjacent to an activating group) is 1. The Morgan fingerprint density at radius 1 is 0.872 bits per heavy atom. The number of benzene rings is 3. The van der Waals surface area contributed by atoms with Gasteiger partial charge in [0.05, 0.1) is 20.5 Å². The van der Waals surface area contributed by atoms with Gasteiger partial charge in [0.15, 0.2) is 0 Å². The molecule has 0 spiro atoms. The molecule has 1 amide bonds. The summed E-state index contributed by atoms with van der Waals surface area (Å²) in [5.41, 5.74) is 8.34. The molecule has 6 rings (SSSR count). The van der Waals surface area contributed by atoms with Crippen LogP contribution in [-0.4, -0.2) is 83.8 Å². The SMILES string of the molecule is COc1cc(NC(=O)c2ccc(Cc3ccc4c(c3)c(C)c(C)n4CCCCN3CCN(C)CC3)cc2)cc(OC)c1-n1ccnc1. The predicted molar refractivity (Wildman–Crippen MR) is 188 cm³/mol. The van der Waals surface area contributed by atoms with Gasteiger partial charge in [-0.2, -0.15) is 0 Å². The number of carbonyl (C=O) groups excluding carboxylic acids is 1. The number of nitrogens with one attached hydrogen (secondary N) is 1. The van der Waals surface area contributed by atoms with Gasteiger partial charge in [-0.15, -0.1) is 0 Å². The molecular weight excluding hydrogens is 588 g/mol. The number of ether oxygens (including phenoxy) is 2. The van der Waals surface area contributed by atoms with E-state index in [4.69, 9.17) is 9.47 Å². The van der Waals surface area contributed by atoms with Crippen LogP contribution in [0.15, 0.2) is 73.3 Å². The van der Waals surface area contributed by atoms with Gasteiger partial charge >= 0.3 is 0 Å². The number of imidazole rings is 1. The van der Waals surface area contributed by atoms with E-state index in [-0.39, 0.29) is 5.91 Å². The number of fused-ring (bicyclic) bond motifs is 1. The summed E-state index contributed by atoms with van der Waals surface area (Å²) in [4.78, 5) is 22.3. The van der Waals surface area contributed by atoms with Gasteiger partial charge in [-0.25, -0.2) is 4.98 Å². The van der Waals surface area contributed by atoms with Crippen LogP contribution in [0.3, 0.4) is 0 Å². The van der Waals surface area contributed by atoms with Gasteiger partial charge < -0.3 is 29.2 Å². The molecule has 1 N–H and O–H groups in total. The highest BCUT2D eigenvalue weighted by molar-refractivity contribution is 6.04. The minimum absolute atomic E-state index is 0.201. The summed E-state index contributed by atoms with van der Waals surface area (Å²) in [5, 5.41) is 4.32. The van der Waals surface area contributed by atoms with Crippen molar-refractivity contribution in [2.45, 2.75) is 39.7 Å². The Labute approximate surface area is 277 Å². The summed E-state index contributed by atoms with van der Waals surface area (Å²) in [6.45, 7) is 11.5. The third-order valence-electron chi connectivity index (χ3n) is 9.53. The zero-order chi connectivity index (χ0) is 32.9. The molecule has 9 nitrogen and oxygen atoms in total. The second kappa shape index (κ2) is 14.4. The molecule has 1 fully saturated rings. The van der Waals surface area contributed by atoms with E-state index in [9.17, 15) is 4.79 Å². The second-order valence-corrected chi connectivity index (χ2v) is 12.6. The van der Waals surface area contributed by atoms with Crippen molar-refractivity contribution in [3.05, 3.63) is 101 Å². The average Bonchev–Trinajstić information content (AvgIpc) is 3.70. The number of aromatic nitrogens is 3. The van der Waals surface area contributed by atoms with Gasteiger partial charge in [0.1, 0.15) is 17.2 Å². The zero-order valence-corrected chi connectivity index (χ0v) is 28.3. The van der Waals surface area contributed by atoms with Crippen LogP contribution in [0, 0.1) is 13.8 Å². The fourth-order valence-electron chi connectivity index (χ4n) is 6.60. The van der Waals surface area contributed by atoms with Crippen LogP contribution < -0.4 is 14.8 Å². The smallest absolute Gasteiger partial charge is 0.255 e. The van der Waals surface area contributed by atoms with Gasteiger partial charge in [-0.1, -0.05) is 18.2 Å². The van der Waals surface area contributed by atoms with E-state index in [0.29, 0.717) is 28.4 Å². The topological polar surface area (TPSA) is 76.8 Å². The lowest BCUT2D eigenvalue weighted by Gasteiger charge is -2.32. The lowest BCUT2D eigenvalue weighted by atomic mass is 10.0. The average molecular weight is 635 g/mol. The summed E-state index contributed by atoms with van der Waals surface area (Å²) in [5.74, 6) is 0.923.